The Morgan fingerprint density at radius 2 is 2.25 bits per heavy atom. The SMILES string of the molecule is C=CCNC(=O)C(C)C(=O)OC. The number of amides is 1. The first-order chi connectivity index (χ1) is 5.63. The zero-order chi connectivity index (χ0) is 9.56. The standard InChI is InChI=1S/C8H13NO3/c1-4-5-9-7(10)6(2)8(11)12-3/h4,6H,1,5H2,2-3H3,(H,9,10). The molecular weight excluding hydrogens is 158 g/mol. The van der Waals surface area contributed by atoms with Gasteiger partial charge in [0.05, 0.1) is 7.11 Å². The summed E-state index contributed by atoms with van der Waals surface area (Å²) < 4.78 is 4.39. The third-order valence-electron chi connectivity index (χ3n) is 1.37. The van der Waals surface area contributed by atoms with E-state index in [1.54, 1.807) is 6.08 Å². The first-order valence-electron chi connectivity index (χ1n) is 3.60. The molecule has 1 atom stereocenters. The lowest BCUT2D eigenvalue weighted by Crippen LogP contribution is -2.34. The van der Waals surface area contributed by atoms with E-state index >= 15 is 0 Å². The third-order valence-corrected chi connectivity index (χ3v) is 1.37. The summed E-state index contributed by atoms with van der Waals surface area (Å²) in [5.41, 5.74) is 0. The lowest BCUT2D eigenvalue weighted by molar-refractivity contribution is -0.149. The van der Waals surface area contributed by atoms with Gasteiger partial charge in [-0.2, -0.15) is 0 Å². The van der Waals surface area contributed by atoms with Gasteiger partial charge >= 0.3 is 5.97 Å². The highest BCUT2D eigenvalue weighted by molar-refractivity contribution is 5.97. The first kappa shape index (κ1) is 10.7. The summed E-state index contributed by atoms with van der Waals surface area (Å²) in [6.07, 6.45) is 1.54. The van der Waals surface area contributed by atoms with E-state index in [1.807, 2.05) is 0 Å². The highest BCUT2D eigenvalue weighted by Crippen LogP contribution is 1.96. The highest BCUT2D eigenvalue weighted by atomic mass is 16.5. The smallest absolute Gasteiger partial charge is 0.317 e. The number of carbonyl (C=O) groups excluding carboxylic acids is 2. The van der Waals surface area contributed by atoms with Crippen LogP contribution in [-0.2, 0) is 14.3 Å². The summed E-state index contributed by atoms with van der Waals surface area (Å²) in [7, 11) is 1.25. The number of ether oxygens (including phenoxy) is 1. The Labute approximate surface area is 71.6 Å². The topological polar surface area (TPSA) is 55.4 Å². The summed E-state index contributed by atoms with van der Waals surface area (Å²) in [5, 5.41) is 2.49. The molecule has 0 heterocycles. The Kier molecular flexibility index (Phi) is 4.76. The van der Waals surface area contributed by atoms with E-state index in [4.69, 9.17) is 0 Å². The summed E-state index contributed by atoms with van der Waals surface area (Å²) in [6, 6.07) is 0. The molecule has 0 bridgehead atoms. The van der Waals surface area contributed by atoms with Crippen LogP contribution in [0.25, 0.3) is 0 Å². The molecule has 0 saturated heterocycles. The maximum atomic E-state index is 11.0. The predicted octanol–water partition coefficient (Wildman–Crippen LogP) is 0.0977. The van der Waals surface area contributed by atoms with E-state index in [0.29, 0.717) is 6.54 Å². The van der Waals surface area contributed by atoms with Gasteiger partial charge < -0.3 is 10.1 Å². The quantitative estimate of drug-likeness (QED) is 0.371. The van der Waals surface area contributed by atoms with E-state index in [-0.39, 0.29) is 5.91 Å². The second-order valence-corrected chi connectivity index (χ2v) is 2.28. The second kappa shape index (κ2) is 5.35. The van der Waals surface area contributed by atoms with Gasteiger partial charge in [0.2, 0.25) is 5.91 Å². The molecule has 0 aromatic rings. The summed E-state index contributed by atoms with van der Waals surface area (Å²) in [5.74, 6) is -1.63. The highest BCUT2D eigenvalue weighted by Gasteiger charge is 2.20. The normalized spacial score (nSPS) is 11.5. The van der Waals surface area contributed by atoms with Crippen LogP contribution in [0, 0.1) is 5.92 Å². The molecule has 0 aliphatic heterocycles. The lowest BCUT2D eigenvalue weighted by Gasteiger charge is -2.07. The fourth-order valence-corrected chi connectivity index (χ4v) is 0.610. The van der Waals surface area contributed by atoms with Crippen LogP contribution in [0.15, 0.2) is 12.7 Å². The van der Waals surface area contributed by atoms with E-state index in [1.165, 1.54) is 14.0 Å². The molecule has 0 rings (SSSR count). The third kappa shape index (κ3) is 3.18. The Morgan fingerprint density at radius 3 is 2.67 bits per heavy atom. The molecule has 4 nitrogen and oxygen atoms in total. The second-order valence-electron chi connectivity index (χ2n) is 2.28. The number of hydrogen-bond acceptors (Lipinski definition) is 3. The molecule has 0 aliphatic rings. The van der Waals surface area contributed by atoms with Gasteiger partial charge in [0.1, 0.15) is 5.92 Å². The molecule has 0 saturated carbocycles. The van der Waals surface area contributed by atoms with Crippen LogP contribution in [0.3, 0.4) is 0 Å². The van der Waals surface area contributed by atoms with Gasteiger partial charge in [-0.25, -0.2) is 0 Å². The van der Waals surface area contributed by atoms with E-state index < -0.39 is 11.9 Å². The number of nitrogens with one attached hydrogen (secondary N) is 1. The van der Waals surface area contributed by atoms with Crippen molar-refractivity contribution in [3.05, 3.63) is 12.7 Å². The van der Waals surface area contributed by atoms with E-state index in [2.05, 4.69) is 16.6 Å². The zero-order valence-electron chi connectivity index (χ0n) is 7.29. The van der Waals surface area contributed by atoms with Gasteiger partial charge in [-0.3, -0.25) is 9.59 Å². The van der Waals surface area contributed by atoms with Crippen molar-refractivity contribution >= 4 is 11.9 Å². The van der Waals surface area contributed by atoms with Crippen LogP contribution >= 0.6 is 0 Å². The van der Waals surface area contributed by atoms with Crippen LogP contribution in [-0.4, -0.2) is 25.5 Å². The Balaban J connectivity index is 3.92. The molecule has 0 aromatic carbocycles. The summed E-state index contributed by atoms with van der Waals surface area (Å²) in [4.78, 5) is 21.9. The molecule has 1 unspecified atom stereocenters. The van der Waals surface area contributed by atoms with Crippen molar-refractivity contribution in [2.45, 2.75) is 6.92 Å². The van der Waals surface area contributed by atoms with Crippen LogP contribution in [0.5, 0.6) is 0 Å². The molecule has 0 fully saturated rings. The molecule has 0 radical (unpaired) electrons. The molecule has 0 aliphatic carbocycles. The van der Waals surface area contributed by atoms with Gasteiger partial charge in [-0.15, -0.1) is 6.58 Å². The van der Waals surface area contributed by atoms with Crippen LogP contribution in [0.2, 0.25) is 0 Å². The van der Waals surface area contributed by atoms with Crippen molar-refractivity contribution in [1.29, 1.82) is 0 Å². The van der Waals surface area contributed by atoms with Crippen LogP contribution in [0.1, 0.15) is 6.92 Å². The number of methoxy groups -OCH3 is 1. The minimum absolute atomic E-state index is 0.346. The number of hydrogen-bond donors (Lipinski definition) is 1. The predicted molar refractivity (Wildman–Crippen MR) is 44.4 cm³/mol. The molecular formula is C8H13NO3. The van der Waals surface area contributed by atoms with Crippen LogP contribution < -0.4 is 5.32 Å². The molecule has 0 spiro atoms. The van der Waals surface area contributed by atoms with Crippen molar-refractivity contribution in [2.75, 3.05) is 13.7 Å². The van der Waals surface area contributed by atoms with Crippen LogP contribution in [0.4, 0.5) is 0 Å². The van der Waals surface area contributed by atoms with Gasteiger partial charge in [0.15, 0.2) is 0 Å². The maximum absolute atomic E-state index is 11.0. The van der Waals surface area contributed by atoms with Gasteiger partial charge in [0.25, 0.3) is 0 Å². The number of carbonyl (C=O) groups is 2. The minimum atomic E-state index is -0.755. The van der Waals surface area contributed by atoms with Crippen molar-refractivity contribution < 1.29 is 14.3 Å². The minimum Gasteiger partial charge on any atom is -0.468 e. The zero-order valence-corrected chi connectivity index (χ0v) is 7.29. The fraction of sp³-hybridized carbons (Fsp3) is 0.500. The molecule has 0 aromatic heterocycles. The van der Waals surface area contributed by atoms with E-state index in [9.17, 15) is 9.59 Å². The molecule has 1 amide bonds. The van der Waals surface area contributed by atoms with Crippen molar-refractivity contribution in [3.63, 3.8) is 0 Å². The average molecular weight is 171 g/mol. The average Bonchev–Trinajstić information content (AvgIpc) is 2.11. The molecule has 68 valence electrons. The Bertz CT molecular complexity index is 189. The van der Waals surface area contributed by atoms with Crippen molar-refractivity contribution in [1.82, 2.24) is 5.32 Å². The molecule has 1 N–H and O–H groups in total. The molecule has 12 heavy (non-hydrogen) atoms. The monoisotopic (exact) mass is 171 g/mol. The molecule has 4 heteroatoms. The Hall–Kier alpha value is -1.32. The van der Waals surface area contributed by atoms with Gasteiger partial charge in [-0.05, 0) is 6.92 Å². The Morgan fingerprint density at radius 1 is 1.67 bits per heavy atom. The van der Waals surface area contributed by atoms with Gasteiger partial charge in [-0.1, -0.05) is 6.08 Å². The van der Waals surface area contributed by atoms with Crippen molar-refractivity contribution in [2.24, 2.45) is 5.92 Å². The fourth-order valence-electron chi connectivity index (χ4n) is 0.610. The summed E-state index contributed by atoms with van der Waals surface area (Å²) in [6.45, 7) is 5.28. The first-order valence-corrected chi connectivity index (χ1v) is 3.60. The van der Waals surface area contributed by atoms with Gasteiger partial charge in [0, 0.05) is 6.54 Å². The lowest BCUT2D eigenvalue weighted by atomic mass is 10.2. The number of esters is 1. The number of rotatable bonds is 4. The van der Waals surface area contributed by atoms with Crippen molar-refractivity contribution in [3.8, 4) is 0 Å². The summed E-state index contributed by atoms with van der Waals surface area (Å²) >= 11 is 0. The largest absolute Gasteiger partial charge is 0.468 e. The maximum Gasteiger partial charge on any atom is 0.317 e. The van der Waals surface area contributed by atoms with E-state index in [0.717, 1.165) is 0 Å².